The number of amides is 2. The molecular formula is C26H37NO3. The molecule has 5 aliphatic rings. The van der Waals surface area contributed by atoms with Crippen molar-refractivity contribution < 1.29 is 14.7 Å². The molecule has 7 atom stereocenters. The van der Waals surface area contributed by atoms with E-state index in [1.165, 1.54) is 0 Å². The van der Waals surface area contributed by atoms with E-state index in [-0.39, 0.29) is 45.5 Å². The Labute approximate surface area is 180 Å². The van der Waals surface area contributed by atoms with Crippen molar-refractivity contribution in [1.29, 1.82) is 0 Å². The molecule has 0 aromatic rings. The highest BCUT2D eigenvalue weighted by Gasteiger charge is 2.65. The first-order chi connectivity index (χ1) is 13.9. The molecule has 5 rings (SSSR count). The van der Waals surface area contributed by atoms with Crippen LogP contribution < -0.4 is 5.32 Å². The quantitative estimate of drug-likeness (QED) is 0.492. The lowest BCUT2D eigenvalue weighted by Gasteiger charge is -2.64. The summed E-state index contributed by atoms with van der Waals surface area (Å²) in [7, 11) is 0. The van der Waals surface area contributed by atoms with Gasteiger partial charge in [-0.05, 0) is 84.4 Å². The molecule has 3 fully saturated rings. The molecular weight excluding hydrogens is 374 g/mol. The fourth-order valence-corrected chi connectivity index (χ4v) is 8.88. The van der Waals surface area contributed by atoms with Crippen molar-refractivity contribution in [2.24, 2.45) is 39.4 Å². The Kier molecular flexibility index (Phi) is 4.16. The van der Waals surface area contributed by atoms with Crippen molar-refractivity contribution >= 4 is 11.8 Å². The smallest absolute Gasteiger partial charge is 0.254 e. The number of allylic oxidation sites excluding steroid dienone is 2. The summed E-state index contributed by atoms with van der Waals surface area (Å²) in [5.74, 6) is 0.800. The molecule has 0 aromatic carbocycles. The van der Waals surface area contributed by atoms with Gasteiger partial charge in [-0.3, -0.25) is 14.9 Å². The number of fused-ring (bicyclic) bond motifs is 5. The molecule has 0 aromatic heterocycles. The zero-order valence-electron chi connectivity index (χ0n) is 19.2. The van der Waals surface area contributed by atoms with Crippen LogP contribution in [-0.2, 0) is 9.59 Å². The Hall–Kier alpha value is -1.42. The van der Waals surface area contributed by atoms with Gasteiger partial charge in [0.1, 0.15) is 0 Å². The van der Waals surface area contributed by atoms with E-state index in [0.29, 0.717) is 17.4 Å². The molecule has 30 heavy (non-hydrogen) atoms. The SMILES string of the molecule is CC1(C)[C@H](O)CC[C@]2(C)[C@H]3CC[C@@]4(C)[C@H](C5=CC(=O)NC5=O)CC[C@]4(C)C3=CC[C@@H]12. The second-order valence-electron chi connectivity index (χ2n) is 12.2. The first-order valence-corrected chi connectivity index (χ1v) is 11.9. The number of rotatable bonds is 1. The van der Waals surface area contributed by atoms with Gasteiger partial charge in [0.25, 0.3) is 11.8 Å². The van der Waals surface area contributed by atoms with Crippen molar-refractivity contribution in [3.05, 3.63) is 23.3 Å². The van der Waals surface area contributed by atoms with Gasteiger partial charge < -0.3 is 5.11 Å². The van der Waals surface area contributed by atoms with Crippen LogP contribution in [0.5, 0.6) is 0 Å². The van der Waals surface area contributed by atoms with Gasteiger partial charge in [-0.15, -0.1) is 0 Å². The van der Waals surface area contributed by atoms with Crippen LogP contribution in [0.25, 0.3) is 0 Å². The molecule has 4 nitrogen and oxygen atoms in total. The van der Waals surface area contributed by atoms with E-state index in [1.807, 2.05) is 0 Å². The zero-order chi connectivity index (χ0) is 21.7. The van der Waals surface area contributed by atoms with E-state index >= 15 is 0 Å². The average molecular weight is 412 g/mol. The summed E-state index contributed by atoms with van der Waals surface area (Å²) in [4.78, 5) is 24.3. The molecule has 1 aliphatic heterocycles. The zero-order valence-corrected chi connectivity index (χ0v) is 19.2. The molecule has 4 heteroatoms. The maximum Gasteiger partial charge on any atom is 0.254 e. The molecule has 164 valence electrons. The van der Waals surface area contributed by atoms with Crippen LogP contribution in [0, 0.1) is 39.4 Å². The monoisotopic (exact) mass is 411 g/mol. The van der Waals surface area contributed by atoms with Gasteiger partial charge in [0.15, 0.2) is 0 Å². The maximum absolute atomic E-state index is 12.5. The Morgan fingerprint density at radius 1 is 0.967 bits per heavy atom. The summed E-state index contributed by atoms with van der Waals surface area (Å²) in [6.45, 7) is 11.8. The van der Waals surface area contributed by atoms with Gasteiger partial charge >= 0.3 is 0 Å². The Morgan fingerprint density at radius 2 is 1.67 bits per heavy atom. The third kappa shape index (κ3) is 2.32. The van der Waals surface area contributed by atoms with Gasteiger partial charge in [-0.2, -0.15) is 0 Å². The summed E-state index contributed by atoms with van der Waals surface area (Å²) in [5, 5.41) is 13.2. The Morgan fingerprint density at radius 3 is 2.33 bits per heavy atom. The summed E-state index contributed by atoms with van der Waals surface area (Å²) in [5.41, 5.74) is 2.59. The third-order valence-corrected chi connectivity index (χ3v) is 11.0. The van der Waals surface area contributed by atoms with Crippen LogP contribution in [0.3, 0.4) is 0 Å². The minimum absolute atomic E-state index is 0.00994. The van der Waals surface area contributed by atoms with Gasteiger partial charge in [0.05, 0.1) is 6.10 Å². The second-order valence-corrected chi connectivity index (χ2v) is 12.2. The van der Waals surface area contributed by atoms with Crippen LogP contribution in [0.1, 0.15) is 79.6 Å². The van der Waals surface area contributed by atoms with Crippen LogP contribution in [-0.4, -0.2) is 23.0 Å². The summed E-state index contributed by atoms with van der Waals surface area (Å²) >= 11 is 0. The van der Waals surface area contributed by atoms with E-state index < -0.39 is 0 Å². The van der Waals surface area contributed by atoms with E-state index in [4.69, 9.17) is 0 Å². The van der Waals surface area contributed by atoms with Crippen molar-refractivity contribution in [2.45, 2.75) is 85.7 Å². The van der Waals surface area contributed by atoms with Crippen LogP contribution in [0.15, 0.2) is 23.3 Å². The summed E-state index contributed by atoms with van der Waals surface area (Å²) < 4.78 is 0. The van der Waals surface area contributed by atoms with Crippen molar-refractivity contribution in [3.8, 4) is 0 Å². The highest BCUT2D eigenvalue weighted by Crippen LogP contribution is 2.73. The number of aliphatic hydroxyl groups is 1. The maximum atomic E-state index is 12.5. The highest BCUT2D eigenvalue weighted by atomic mass is 16.3. The van der Waals surface area contributed by atoms with E-state index in [0.717, 1.165) is 44.9 Å². The molecule has 0 spiro atoms. The summed E-state index contributed by atoms with van der Waals surface area (Å²) in [6, 6.07) is 0. The normalized spacial score (nSPS) is 49.5. The van der Waals surface area contributed by atoms with Gasteiger partial charge in [0.2, 0.25) is 0 Å². The number of aliphatic hydroxyl groups excluding tert-OH is 1. The van der Waals surface area contributed by atoms with Gasteiger partial charge in [0, 0.05) is 11.6 Å². The number of carbonyl (C=O) groups is 2. The predicted octanol–water partition coefficient (Wildman–Crippen LogP) is 4.54. The van der Waals surface area contributed by atoms with Crippen LogP contribution >= 0.6 is 0 Å². The number of hydrogen-bond donors (Lipinski definition) is 2. The lowest BCUT2D eigenvalue weighted by Crippen LogP contribution is -2.58. The van der Waals surface area contributed by atoms with Crippen molar-refractivity contribution in [1.82, 2.24) is 5.32 Å². The molecule has 0 bridgehead atoms. The first kappa shape index (κ1) is 20.5. The lowest BCUT2D eigenvalue weighted by molar-refractivity contribution is -0.130. The molecule has 0 saturated heterocycles. The fourth-order valence-electron chi connectivity index (χ4n) is 8.88. The molecule has 2 N–H and O–H groups in total. The molecule has 0 unspecified atom stereocenters. The summed E-state index contributed by atoms with van der Waals surface area (Å²) in [6.07, 6.45) is 11.2. The number of hydrogen-bond acceptors (Lipinski definition) is 3. The highest BCUT2D eigenvalue weighted by molar-refractivity contribution is 6.16. The van der Waals surface area contributed by atoms with Crippen molar-refractivity contribution in [2.75, 3.05) is 0 Å². The van der Waals surface area contributed by atoms with Crippen LogP contribution in [0.4, 0.5) is 0 Å². The standard InChI is InChI=1S/C26H37NO3/c1-23(2)19-7-6-18-17(24(19,3)11-10-20(23)28)9-13-25(4)16(8-12-26(18,25)5)15-14-21(29)27-22(15)30/h6,14,16-17,19-20,28H,7-13H2,1-5H3,(H,27,29,30)/t16-,17-,19-,20+,24+,25-,26+/m0/s1. The largest absolute Gasteiger partial charge is 0.393 e. The van der Waals surface area contributed by atoms with E-state index in [1.54, 1.807) is 11.6 Å². The Bertz CT molecular complexity index is 885. The van der Waals surface area contributed by atoms with Crippen LogP contribution in [0.2, 0.25) is 0 Å². The van der Waals surface area contributed by atoms with E-state index in [9.17, 15) is 14.7 Å². The number of nitrogens with one attached hydrogen (secondary N) is 1. The molecule has 4 aliphatic carbocycles. The Balaban J connectivity index is 1.55. The van der Waals surface area contributed by atoms with E-state index in [2.05, 4.69) is 46.0 Å². The minimum atomic E-state index is -0.254. The first-order valence-electron chi connectivity index (χ1n) is 11.9. The van der Waals surface area contributed by atoms with Gasteiger partial charge in [-0.1, -0.05) is 46.3 Å². The minimum Gasteiger partial charge on any atom is -0.393 e. The molecule has 1 heterocycles. The fraction of sp³-hybridized carbons (Fsp3) is 0.769. The van der Waals surface area contributed by atoms with Crippen molar-refractivity contribution in [3.63, 3.8) is 0 Å². The third-order valence-electron chi connectivity index (χ3n) is 11.0. The number of imide groups is 1. The average Bonchev–Trinajstić information content (AvgIpc) is 3.14. The number of carbonyl (C=O) groups excluding carboxylic acids is 2. The molecule has 2 amide bonds. The molecule has 0 radical (unpaired) electrons. The van der Waals surface area contributed by atoms with Gasteiger partial charge in [-0.25, -0.2) is 0 Å². The topological polar surface area (TPSA) is 66.4 Å². The predicted molar refractivity (Wildman–Crippen MR) is 116 cm³/mol. The molecule has 3 saturated carbocycles. The second kappa shape index (κ2) is 6.09. The lowest BCUT2D eigenvalue weighted by atomic mass is 9.41.